The van der Waals surface area contributed by atoms with Crippen molar-refractivity contribution in [1.29, 1.82) is 0 Å². The number of aryl methyl sites for hydroxylation is 2. The van der Waals surface area contributed by atoms with Gasteiger partial charge in [-0.1, -0.05) is 42.0 Å². The van der Waals surface area contributed by atoms with E-state index in [1.54, 1.807) is 0 Å². The molecule has 1 aliphatic rings. The largest absolute Gasteiger partial charge is 0.355 e. The van der Waals surface area contributed by atoms with Crippen LogP contribution in [0, 0.1) is 6.92 Å². The Balaban J connectivity index is 1.79. The summed E-state index contributed by atoms with van der Waals surface area (Å²) in [6.45, 7) is 2.12. The molecule has 2 heteroatoms. The molecule has 0 saturated heterocycles. The summed E-state index contributed by atoms with van der Waals surface area (Å²) >= 11 is 0. The van der Waals surface area contributed by atoms with Crippen LogP contribution in [0.5, 0.6) is 0 Å². The Morgan fingerprint density at radius 2 is 1.78 bits per heavy atom. The Bertz CT molecular complexity index is 838. The van der Waals surface area contributed by atoms with Gasteiger partial charge < -0.3 is 5.32 Å². The van der Waals surface area contributed by atoms with Crippen LogP contribution in [0.25, 0.3) is 11.3 Å². The Labute approximate surface area is 137 Å². The SMILES string of the molecule is Cc1cccc(-c2cc(Nc3ccccc3)c3c(n2)CCC3)c1. The fourth-order valence-corrected chi connectivity index (χ4v) is 3.28. The smallest absolute Gasteiger partial charge is 0.0726 e. The van der Waals surface area contributed by atoms with E-state index >= 15 is 0 Å². The molecular weight excluding hydrogens is 280 g/mol. The van der Waals surface area contributed by atoms with E-state index in [4.69, 9.17) is 4.98 Å². The van der Waals surface area contributed by atoms with Gasteiger partial charge >= 0.3 is 0 Å². The van der Waals surface area contributed by atoms with Crippen molar-refractivity contribution in [3.8, 4) is 11.3 Å². The first-order chi connectivity index (χ1) is 11.3. The van der Waals surface area contributed by atoms with E-state index in [0.29, 0.717) is 0 Å². The Morgan fingerprint density at radius 3 is 2.61 bits per heavy atom. The summed E-state index contributed by atoms with van der Waals surface area (Å²) in [7, 11) is 0. The molecule has 3 aromatic rings. The summed E-state index contributed by atoms with van der Waals surface area (Å²) in [6.07, 6.45) is 3.40. The predicted molar refractivity (Wildman–Crippen MR) is 96.2 cm³/mol. The van der Waals surface area contributed by atoms with Crippen LogP contribution in [-0.4, -0.2) is 4.98 Å². The fraction of sp³-hybridized carbons (Fsp3) is 0.190. The number of rotatable bonds is 3. The molecule has 23 heavy (non-hydrogen) atoms. The van der Waals surface area contributed by atoms with Crippen molar-refractivity contribution in [2.24, 2.45) is 0 Å². The maximum atomic E-state index is 4.93. The van der Waals surface area contributed by atoms with E-state index in [1.807, 2.05) is 6.07 Å². The number of pyridine rings is 1. The van der Waals surface area contributed by atoms with Gasteiger partial charge in [-0.2, -0.15) is 0 Å². The molecule has 2 nitrogen and oxygen atoms in total. The van der Waals surface area contributed by atoms with Gasteiger partial charge in [-0.15, -0.1) is 0 Å². The normalized spacial score (nSPS) is 12.9. The zero-order chi connectivity index (χ0) is 15.6. The zero-order valence-corrected chi connectivity index (χ0v) is 13.3. The van der Waals surface area contributed by atoms with Crippen LogP contribution in [0.15, 0.2) is 60.7 Å². The highest BCUT2D eigenvalue weighted by Crippen LogP contribution is 2.33. The van der Waals surface area contributed by atoms with Gasteiger partial charge in [-0.05, 0) is 56.0 Å². The lowest BCUT2D eigenvalue weighted by atomic mass is 10.1. The highest BCUT2D eigenvalue weighted by Gasteiger charge is 2.18. The van der Waals surface area contributed by atoms with Crippen LogP contribution >= 0.6 is 0 Å². The molecule has 4 rings (SSSR count). The number of para-hydroxylation sites is 1. The zero-order valence-electron chi connectivity index (χ0n) is 13.3. The lowest BCUT2D eigenvalue weighted by Gasteiger charge is -2.14. The molecule has 0 atom stereocenters. The van der Waals surface area contributed by atoms with E-state index in [-0.39, 0.29) is 0 Å². The maximum absolute atomic E-state index is 4.93. The van der Waals surface area contributed by atoms with Crippen LogP contribution in [0.1, 0.15) is 23.2 Å². The highest BCUT2D eigenvalue weighted by molar-refractivity contribution is 5.72. The van der Waals surface area contributed by atoms with Crippen molar-refractivity contribution < 1.29 is 0 Å². The topological polar surface area (TPSA) is 24.9 Å². The number of fused-ring (bicyclic) bond motifs is 1. The molecule has 114 valence electrons. The summed E-state index contributed by atoms with van der Waals surface area (Å²) in [4.78, 5) is 4.93. The summed E-state index contributed by atoms with van der Waals surface area (Å²) in [5.41, 5.74) is 8.48. The van der Waals surface area contributed by atoms with Gasteiger partial charge in [-0.3, -0.25) is 4.98 Å². The average Bonchev–Trinajstić information content (AvgIpc) is 3.05. The third-order valence-corrected chi connectivity index (χ3v) is 4.42. The summed E-state index contributed by atoms with van der Waals surface area (Å²) in [5, 5.41) is 3.59. The molecule has 1 aliphatic carbocycles. The minimum Gasteiger partial charge on any atom is -0.355 e. The van der Waals surface area contributed by atoms with Gasteiger partial charge in [0.25, 0.3) is 0 Å². The first-order valence-electron chi connectivity index (χ1n) is 8.21. The molecule has 0 radical (unpaired) electrons. The Kier molecular flexibility index (Phi) is 3.58. The van der Waals surface area contributed by atoms with E-state index in [2.05, 4.69) is 66.8 Å². The van der Waals surface area contributed by atoms with Gasteiger partial charge in [0, 0.05) is 22.6 Å². The molecule has 1 heterocycles. The van der Waals surface area contributed by atoms with E-state index in [1.165, 1.54) is 34.5 Å². The molecule has 0 amide bonds. The Morgan fingerprint density at radius 1 is 0.913 bits per heavy atom. The number of hydrogen-bond donors (Lipinski definition) is 1. The number of benzene rings is 2. The maximum Gasteiger partial charge on any atom is 0.0726 e. The molecule has 1 aromatic heterocycles. The van der Waals surface area contributed by atoms with Gasteiger partial charge in [-0.25, -0.2) is 0 Å². The molecule has 1 N–H and O–H groups in total. The second-order valence-corrected chi connectivity index (χ2v) is 6.19. The number of nitrogens with zero attached hydrogens (tertiary/aromatic N) is 1. The number of nitrogens with one attached hydrogen (secondary N) is 1. The van der Waals surface area contributed by atoms with Gasteiger partial charge in [0.15, 0.2) is 0 Å². The molecule has 0 spiro atoms. The molecule has 2 aromatic carbocycles. The van der Waals surface area contributed by atoms with Crippen molar-refractivity contribution in [2.45, 2.75) is 26.2 Å². The lowest BCUT2D eigenvalue weighted by Crippen LogP contribution is -1.99. The molecular formula is C21H20N2. The molecule has 0 aliphatic heterocycles. The summed E-state index contributed by atoms with van der Waals surface area (Å²) < 4.78 is 0. The van der Waals surface area contributed by atoms with Gasteiger partial charge in [0.05, 0.1) is 5.69 Å². The fourth-order valence-electron chi connectivity index (χ4n) is 3.28. The van der Waals surface area contributed by atoms with E-state index in [0.717, 1.165) is 24.2 Å². The number of aromatic nitrogens is 1. The lowest BCUT2D eigenvalue weighted by molar-refractivity contribution is 0.900. The minimum absolute atomic E-state index is 1.06. The van der Waals surface area contributed by atoms with Gasteiger partial charge in [0.1, 0.15) is 0 Å². The van der Waals surface area contributed by atoms with E-state index in [9.17, 15) is 0 Å². The third-order valence-electron chi connectivity index (χ3n) is 4.42. The molecule has 0 fully saturated rings. The van der Waals surface area contributed by atoms with Crippen molar-refractivity contribution >= 4 is 11.4 Å². The van der Waals surface area contributed by atoms with Gasteiger partial charge in [0.2, 0.25) is 0 Å². The first kappa shape index (κ1) is 14.0. The number of anilines is 2. The van der Waals surface area contributed by atoms with Crippen molar-refractivity contribution in [2.75, 3.05) is 5.32 Å². The molecule has 0 unspecified atom stereocenters. The van der Waals surface area contributed by atoms with Crippen LogP contribution < -0.4 is 5.32 Å². The van der Waals surface area contributed by atoms with Crippen molar-refractivity contribution in [3.05, 3.63) is 77.5 Å². The van der Waals surface area contributed by atoms with Crippen molar-refractivity contribution in [1.82, 2.24) is 4.98 Å². The first-order valence-corrected chi connectivity index (χ1v) is 8.21. The Hall–Kier alpha value is -2.61. The van der Waals surface area contributed by atoms with E-state index < -0.39 is 0 Å². The predicted octanol–water partition coefficient (Wildman–Crippen LogP) is 5.29. The van der Waals surface area contributed by atoms with Crippen LogP contribution in [0.4, 0.5) is 11.4 Å². The number of hydrogen-bond acceptors (Lipinski definition) is 2. The average molecular weight is 300 g/mol. The summed E-state index contributed by atoms with van der Waals surface area (Å²) in [5.74, 6) is 0. The molecule has 0 bridgehead atoms. The second kappa shape index (κ2) is 5.88. The second-order valence-electron chi connectivity index (χ2n) is 6.19. The minimum atomic E-state index is 1.06. The van der Waals surface area contributed by atoms with Crippen molar-refractivity contribution in [3.63, 3.8) is 0 Å². The molecule has 0 saturated carbocycles. The van der Waals surface area contributed by atoms with Crippen LogP contribution in [-0.2, 0) is 12.8 Å². The standard InChI is InChI=1S/C21H20N2/c1-15-7-5-8-16(13-15)20-14-21(18-11-6-12-19(18)23-20)22-17-9-3-2-4-10-17/h2-5,7-10,13-14H,6,11-12H2,1H3,(H,22,23). The quantitative estimate of drug-likeness (QED) is 0.711. The summed E-state index contributed by atoms with van der Waals surface area (Å²) in [6, 6.07) is 21.1. The highest BCUT2D eigenvalue weighted by atomic mass is 14.9. The third kappa shape index (κ3) is 2.85. The van der Waals surface area contributed by atoms with Crippen LogP contribution in [0.3, 0.4) is 0 Å². The monoisotopic (exact) mass is 300 g/mol. The van der Waals surface area contributed by atoms with Crippen LogP contribution in [0.2, 0.25) is 0 Å².